The van der Waals surface area contributed by atoms with Gasteiger partial charge in [-0.2, -0.15) is 0 Å². The van der Waals surface area contributed by atoms with Gasteiger partial charge in [0.2, 0.25) is 11.8 Å². The van der Waals surface area contributed by atoms with E-state index in [9.17, 15) is 14.7 Å². The molecule has 0 saturated heterocycles. The molecule has 0 spiro atoms. The van der Waals surface area contributed by atoms with Gasteiger partial charge in [-0.05, 0) is 59.1 Å². The Kier molecular flexibility index (Phi) is 6.61. The van der Waals surface area contributed by atoms with Gasteiger partial charge in [0.1, 0.15) is 17.0 Å². The summed E-state index contributed by atoms with van der Waals surface area (Å²) in [6.07, 6.45) is 2.98. The van der Waals surface area contributed by atoms with E-state index in [1.54, 1.807) is 0 Å². The van der Waals surface area contributed by atoms with Crippen molar-refractivity contribution in [1.29, 1.82) is 0 Å². The van der Waals surface area contributed by atoms with Gasteiger partial charge in [0.15, 0.2) is 0 Å². The molecular formula is C23H30N2O5. The summed E-state index contributed by atoms with van der Waals surface area (Å²) in [6.45, 7) is 7.20. The van der Waals surface area contributed by atoms with Crippen LogP contribution in [-0.4, -0.2) is 33.6 Å². The molecule has 1 aliphatic carbocycles. The fourth-order valence-electron chi connectivity index (χ4n) is 3.58. The van der Waals surface area contributed by atoms with E-state index in [1.165, 1.54) is 19.4 Å². The second-order valence-electron chi connectivity index (χ2n) is 8.60. The van der Waals surface area contributed by atoms with Crippen LogP contribution in [0.2, 0.25) is 0 Å². The number of carbonyl (C=O) groups is 2. The van der Waals surface area contributed by atoms with Gasteiger partial charge < -0.3 is 19.6 Å². The number of aryl methyl sites for hydroxylation is 2. The third-order valence-electron chi connectivity index (χ3n) is 5.61. The lowest BCUT2D eigenvalue weighted by Crippen LogP contribution is -2.52. The average molecular weight is 415 g/mol. The van der Waals surface area contributed by atoms with Gasteiger partial charge in [-0.25, -0.2) is 9.78 Å². The molecule has 2 N–H and O–H groups in total. The van der Waals surface area contributed by atoms with E-state index in [2.05, 4.69) is 10.3 Å². The number of amides is 1. The van der Waals surface area contributed by atoms with Gasteiger partial charge in [-0.15, -0.1) is 0 Å². The fraction of sp³-hybridized carbons (Fsp3) is 0.522. The molecule has 162 valence electrons. The SMILES string of the molecule is Cc1ccc(-c2nc(COC3CCCC(C(=O)NC(C)(C)C(=O)O)C3)c(C)o2)cc1. The van der Waals surface area contributed by atoms with Crippen molar-refractivity contribution in [2.75, 3.05) is 0 Å². The highest BCUT2D eigenvalue weighted by Gasteiger charge is 2.34. The number of benzene rings is 1. The molecule has 1 aromatic heterocycles. The van der Waals surface area contributed by atoms with Crippen LogP contribution in [-0.2, 0) is 20.9 Å². The number of nitrogens with one attached hydrogen (secondary N) is 1. The molecule has 1 aromatic carbocycles. The Bertz CT molecular complexity index is 901. The maximum absolute atomic E-state index is 12.5. The highest BCUT2D eigenvalue weighted by molar-refractivity contribution is 5.87. The molecule has 1 aliphatic rings. The predicted molar refractivity (Wildman–Crippen MR) is 112 cm³/mol. The molecule has 7 heteroatoms. The van der Waals surface area contributed by atoms with Crippen molar-refractivity contribution in [3.05, 3.63) is 41.3 Å². The summed E-state index contributed by atoms with van der Waals surface area (Å²) in [5.41, 5.74) is 1.57. The first-order chi connectivity index (χ1) is 14.2. The van der Waals surface area contributed by atoms with Gasteiger partial charge in [-0.3, -0.25) is 4.79 Å². The lowest BCUT2D eigenvalue weighted by molar-refractivity contribution is -0.147. The van der Waals surface area contributed by atoms with Crippen molar-refractivity contribution >= 4 is 11.9 Å². The van der Waals surface area contributed by atoms with E-state index in [4.69, 9.17) is 9.15 Å². The van der Waals surface area contributed by atoms with Crippen LogP contribution >= 0.6 is 0 Å². The van der Waals surface area contributed by atoms with Crippen molar-refractivity contribution in [3.63, 3.8) is 0 Å². The number of oxazole rings is 1. The normalized spacial score (nSPS) is 19.5. The third kappa shape index (κ3) is 5.27. The minimum absolute atomic E-state index is 0.0682. The summed E-state index contributed by atoms with van der Waals surface area (Å²) in [4.78, 5) is 28.4. The molecule has 30 heavy (non-hydrogen) atoms. The summed E-state index contributed by atoms with van der Waals surface area (Å²) in [5, 5.41) is 11.9. The van der Waals surface area contributed by atoms with Crippen LogP contribution in [0.1, 0.15) is 56.5 Å². The highest BCUT2D eigenvalue weighted by atomic mass is 16.5. The Morgan fingerprint density at radius 2 is 1.93 bits per heavy atom. The molecule has 1 amide bonds. The van der Waals surface area contributed by atoms with Crippen molar-refractivity contribution in [1.82, 2.24) is 10.3 Å². The molecule has 7 nitrogen and oxygen atoms in total. The molecular weight excluding hydrogens is 384 g/mol. The van der Waals surface area contributed by atoms with Gasteiger partial charge in [0.05, 0.1) is 12.7 Å². The number of hydrogen-bond donors (Lipinski definition) is 2. The summed E-state index contributed by atoms with van der Waals surface area (Å²) in [5.74, 6) is -0.231. The zero-order valence-corrected chi connectivity index (χ0v) is 18.0. The van der Waals surface area contributed by atoms with Crippen LogP contribution in [0.25, 0.3) is 11.5 Å². The van der Waals surface area contributed by atoms with Crippen LogP contribution in [0.3, 0.4) is 0 Å². The number of hydrogen-bond acceptors (Lipinski definition) is 5. The molecule has 2 atom stereocenters. The second-order valence-corrected chi connectivity index (χ2v) is 8.60. The number of carbonyl (C=O) groups excluding carboxylic acids is 1. The van der Waals surface area contributed by atoms with Crippen molar-refractivity contribution in [2.24, 2.45) is 5.92 Å². The zero-order valence-electron chi connectivity index (χ0n) is 18.0. The number of ether oxygens (including phenoxy) is 1. The minimum atomic E-state index is -1.28. The van der Waals surface area contributed by atoms with Crippen LogP contribution in [0, 0.1) is 19.8 Å². The monoisotopic (exact) mass is 414 g/mol. The Morgan fingerprint density at radius 3 is 2.60 bits per heavy atom. The van der Waals surface area contributed by atoms with E-state index in [1.807, 2.05) is 38.1 Å². The summed E-state index contributed by atoms with van der Waals surface area (Å²) in [6, 6.07) is 8.00. The number of aromatic nitrogens is 1. The maximum Gasteiger partial charge on any atom is 0.328 e. The molecule has 1 heterocycles. The summed E-state index contributed by atoms with van der Waals surface area (Å²) >= 11 is 0. The predicted octanol–water partition coefficient (Wildman–Crippen LogP) is 4.01. The van der Waals surface area contributed by atoms with Crippen molar-refractivity contribution in [3.8, 4) is 11.5 Å². The van der Waals surface area contributed by atoms with E-state index < -0.39 is 11.5 Å². The Labute approximate surface area is 176 Å². The highest BCUT2D eigenvalue weighted by Crippen LogP contribution is 2.29. The van der Waals surface area contributed by atoms with Crippen LogP contribution in [0.15, 0.2) is 28.7 Å². The first-order valence-electron chi connectivity index (χ1n) is 10.4. The summed E-state index contributed by atoms with van der Waals surface area (Å²) in [7, 11) is 0. The third-order valence-corrected chi connectivity index (χ3v) is 5.61. The van der Waals surface area contributed by atoms with Crippen molar-refractivity contribution in [2.45, 2.75) is 71.6 Å². The van der Waals surface area contributed by atoms with E-state index >= 15 is 0 Å². The molecule has 1 saturated carbocycles. The van der Waals surface area contributed by atoms with Gasteiger partial charge in [0, 0.05) is 11.5 Å². The first-order valence-corrected chi connectivity index (χ1v) is 10.4. The topological polar surface area (TPSA) is 102 Å². The second kappa shape index (κ2) is 9.00. The smallest absolute Gasteiger partial charge is 0.328 e. The number of carboxylic acids is 1. The van der Waals surface area contributed by atoms with Crippen molar-refractivity contribution < 1.29 is 23.8 Å². The molecule has 2 aromatic rings. The Balaban J connectivity index is 1.58. The molecule has 0 aliphatic heterocycles. The fourth-order valence-corrected chi connectivity index (χ4v) is 3.58. The van der Waals surface area contributed by atoms with Crippen LogP contribution in [0.5, 0.6) is 0 Å². The van der Waals surface area contributed by atoms with E-state index in [-0.39, 0.29) is 17.9 Å². The molecule has 0 radical (unpaired) electrons. The van der Waals surface area contributed by atoms with Gasteiger partial charge in [0.25, 0.3) is 0 Å². The number of carboxylic acid groups (broad SMARTS) is 1. The van der Waals surface area contributed by atoms with E-state index in [0.717, 1.165) is 36.3 Å². The lowest BCUT2D eigenvalue weighted by Gasteiger charge is -2.30. The van der Waals surface area contributed by atoms with E-state index in [0.29, 0.717) is 18.9 Å². The molecule has 1 fully saturated rings. The lowest BCUT2D eigenvalue weighted by atomic mass is 9.86. The van der Waals surface area contributed by atoms with Gasteiger partial charge >= 0.3 is 5.97 Å². The number of rotatable bonds is 7. The van der Waals surface area contributed by atoms with Crippen LogP contribution in [0.4, 0.5) is 0 Å². The molecule has 0 bridgehead atoms. The zero-order chi connectivity index (χ0) is 21.9. The summed E-state index contributed by atoms with van der Waals surface area (Å²) < 4.78 is 11.9. The minimum Gasteiger partial charge on any atom is -0.480 e. The average Bonchev–Trinajstić information content (AvgIpc) is 3.07. The molecule has 3 rings (SSSR count). The number of nitrogens with zero attached hydrogens (tertiary/aromatic N) is 1. The maximum atomic E-state index is 12.5. The molecule has 2 unspecified atom stereocenters. The Morgan fingerprint density at radius 1 is 1.23 bits per heavy atom. The quantitative estimate of drug-likeness (QED) is 0.710. The standard InChI is InChI=1S/C23H30N2O5/c1-14-8-10-16(11-9-14)21-24-19(15(2)30-21)13-29-18-7-5-6-17(12-18)20(26)25-23(3,4)22(27)28/h8-11,17-18H,5-7,12-13H2,1-4H3,(H,25,26)(H,27,28). The van der Waals surface area contributed by atoms with Crippen LogP contribution < -0.4 is 5.32 Å². The Hall–Kier alpha value is -2.67. The van der Waals surface area contributed by atoms with Gasteiger partial charge in [-0.1, -0.05) is 24.1 Å². The largest absolute Gasteiger partial charge is 0.480 e. The first kappa shape index (κ1) is 22.0. The number of aliphatic carboxylic acids is 1.